The molecule has 1 saturated heterocycles. The number of benzene rings is 1. The van der Waals surface area contributed by atoms with Crippen LogP contribution in [-0.4, -0.2) is 31.1 Å². The van der Waals surface area contributed by atoms with Crippen molar-refractivity contribution in [1.82, 2.24) is 10.2 Å². The van der Waals surface area contributed by atoms with Crippen LogP contribution in [0.15, 0.2) is 18.2 Å². The lowest BCUT2D eigenvalue weighted by molar-refractivity contribution is 0.187. The van der Waals surface area contributed by atoms with Crippen molar-refractivity contribution in [3.05, 3.63) is 35.1 Å². The number of hydrogen-bond acceptors (Lipinski definition) is 2. The van der Waals surface area contributed by atoms with Gasteiger partial charge in [0.15, 0.2) is 0 Å². The van der Waals surface area contributed by atoms with Crippen LogP contribution in [0, 0.1) is 12.7 Å². The molecule has 1 fully saturated rings. The van der Waals surface area contributed by atoms with Crippen LogP contribution in [0.2, 0.25) is 0 Å². The molecule has 1 aliphatic rings. The Morgan fingerprint density at radius 2 is 2.22 bits per heavy atom. The maximum Gasteiger partial charge on any atom is 0.123 e. The van der Waals surface area contributed by atoms with E-state index in [1.807, 2.05) is 20.0 Å². The number of nitrogens with one attached hydrogen (secondary N) is 1. The molecule has 1 atom stereocenters. The van der Waals surface area contributed by atoms with E-state index in [1.54, 1.807) is 12.1 Å². The van der Waals surface area contributed by atoms with Crippen LogP contribution in [0.25, 0.3) is 0 Å². The molecule has 1 aromatic carbocycles. The van der Waals surface area contributed by atoms with E-state index >= 15 is 0 Å². The van der Waals surface area contributed by atoms with E-state index in [4.69, 9.17) is 0 Å². The van der Waals surface area contributed by atoms with Gasteiger partial charge in [-0.1, -0.05) is 6.07 Å². The third-order valence-electron chi connectivity index (χ3n) is 3.61. The maximum atomic E-state index is 13.0. The predicted octanol–water partition coefficient (Wildman–Crippen LogP) is 2.74. The Kier molecular flexibility index (Phi) is 6.06. The molecule has 102 valence electrons. The van der Waals surface area contributed by atoms with Gasteiger partial charge in [-0.3, -0.25) is 4.90 Å². The van der Waals surface area contributed by atoms with Crippen LogP contribution in [0.4, 0.5) is 4.39 Å². The number of halogens is 2. The highest BCUT2D eigenvalue weighted by Crippen LogP contribution is 2.16. The van der Waals surface area contributed by atoms with Gasteiger partial charge < -0.3 is 5.32 Å². The summed E-state index contributed by atoms with van der Waals surface area (Å²) in [5.74, 6) is -0.141. The Morgan fingerprint density at radius 1 is 1.44 bits per heavy atom. The first kappa shape index (κ1) is 15.4. The third-order valence-corrected chi connectivity index (χ3v) is 3.61. The fraction of sp³-hybridized carbons (Fsp3) is 0.571. The molecule has 0 aliphatic carbocycles. The van der Waals surface area contributed by atoms with Crippen molar-refractivity contribution in [2.24, 2.45) is 0 Å². The molecular formula is C14H22ClFN2. The lowest BCUT2D eigenvalue weighted by Gasteiger charge is -2.32. The Hall–Kier alpha value is -0.640. The van der Waals surface area contributed by atoms with Crippen molar-refractivity contribution in [1.29, 1.82) is 0 Å². The summed E-state index contributed by atoms with van der Waals surface area (Å²) < 4.78 is 13.0. The lowest BCUT2D eigenvalue weighted by atomic mass is 10.0. The smallest absolute Gasteiger partial charge is 0.123 e. The highest BCUT2D eigenvalue weighted by molar-refractivity contribution is 5.85. The normalized spacial score (nSPS) is 20.5. The molecule has 0 amide bonds. The molecule has 1 N–H and O–H groups in total. The standard InChI is InChI=1S/C14H21FN2.ClH/c1-11-8-13(15)6-5-12(11)9-17-7-3-4-14(10-17)16-2;/h5-6,8,14,16H,3-4,7,9-10H2,1-2H3;1H. The SMILES string of the molecule is CNC1CCCN(Cc2ccc(F)cc2C)C1.Cl. The van der Waals surface area contributed by atoms with Crippen LogP contribution in [0.1, 0.15) is 24.0 Å². The molecule has 2 nitrogen and oxygen atoms in total. The Bertz CT molecular complexity index is 384. The van der Waals surface area contributed by atoms with Gasteiger partial charge in [-0.25, -0.2) is 4.39 Å². The monoisotopic (exact) mass is 272 g/mol. The third kappa shape index (κ3) is 3.94. The summed E-state index contributed by atoms with van der Waals surface area (Å²) in [4.78, 5) is 2.45. The zero-order chi connectivity index (χ0) is 12.3. The van der Waals surface area contributed by atoms with Crippen LogP contribution >= 0.6 is 12.4 Å². The van der Waals surface area contributed by atoms with E-state index in [1.165, 1.54) is 18.4 Å². The molecule has 0 aromatic heterocycles. The fourth-order valence-electron chi connectivity index (χ4n) is 2.51. The lowest BCUT2D eigenvalue weighted by Crippen LogP contribution is -2.43. The topological polar surface area (TPSA) is 15.3 Å². The van der Waals surface area contributed by atoms with Gasteiger partial charge in [0, 0.05) is 19.1 Å². The Morgan fingerprint density at radius 3 is 2.89 bits per heavy atom. The molecule has 1 unspecified atom stereocenters. The molecule has 4 heteroatoms. The Labute approximate surface area is 115 Å². The highest BCUT2D eigenvalue weighted by atomic mass is 35.5. The van der Waals surface area contributed by atoms with Gasteiger partial charge >= 0.3 is 0 Å². The first-order valence-corrected chi connectivity index (χ1v) is 6.33. The molecule has 0 saturated carbocycles. The van der Waals surface area contributed by atoms with Crippen molar-refractivity contribution >= 4 is 12.4 Å². The van der Waals surface area contributed by atoms with Crippen LogP contribution in [-0.2, 0) is 6.54 Å². The van der Waals surface area contributed by atoms with Gasteiger partial charge in [-0.05, 0) is 56.6 Å². The molecule has 18 heavy (non-hydrogen) atoms. The zero-order valence-electron chi connectivity index (χ0n) is 11.1. The second-order valence-corrected chi connectivity index (χ2v) is 4.93. The van der Waals surface area contributed by atoms with Gasteiger partial charge in [-0.15, -0.1) is 12.4 Å². The molecule has 1 aromatic rings. The van der Waals surface area contributed by atoms with Gasteiger partial charge in [-0.2, -0.15) is 0 Å². The number of rotatable bonds is 3. The van der Waals surface area contributed by atoms with Gasteiger partial charge in [0.1, 0.15) is 5.82 Å². The maximum absolute atomic E-state index is 13.0. The molecule has 1 heterocycles. The fourth-order valence-corrected chi connectivity index (χ4v) is 2.51. The summed E-state index contributed by atoms with van der Waals surface area (Å²) in [5.41, 5.74) is 2.29. The summed E-state index contributed by atoms with van der Waals surface area (Å²) in [6.45, 7) is 5.16. The second-order valence-electron chi connectivity index (χ2n) is 4.93. The molecule has 2 rings (SSSR count). The van der Waals surface area contributed by atoms with Crippen LogP contribution in [0.3, 0.4) is 0 Å². The molecule has 0 bridgehead atoms. The molecule has 1 aliphatic heterocycles. The van der Waals surface area contributed by atoms with Gasteiger partial charge in [0.2, 0.25) is 0 Å². The van der Waals surface area contributed by atoms with E-state index < -0.39 is 0 Å². The highest BCUT2D eigenvalue weighted by Gasteiger charge is 2.18. The van der Waals surface area contributed by atoms with Crippen molar-refractivity contribution < 1.29 is 4.39 Å². The minimum atomic E-state index is -0.141. The quantitative estimate of drug-likeness (QED) is 0.910. The first-order chi connectivity index (χ1) is 8.19. The second kappa shape index (κ2) is 7.07. The van der Waals surface area contributed by atoms with E-state index in [0.29, 0.717) is 6.04 Å². The number of likely N-dealkylation sites (tertiary alicyclic amines) is 1. The number of aryl methyl sites for hydroxylation is 1. The van der Waals surface area contributed by atoms with Gasteiger partial charge in [0.25, 0.3) is 0 Å². The number of nitrogens with zero attached hydrogens (tertiary/aromatic N) is 1. The van der Waals surface area contributed by atoms with E-state index in [2.05, 4.69) is 10.2 Å². The summed E-state index contributed by atoms with van der Waals surface area (Å²) >= 11 is 0. The van der Waals surface area contributed by atoms with E-state index in [-0.39, 0.29) is 18.2 Å². The van der Waals surface area contributed by atoms with E-state index in [9.17, 15) is 4.39 Å². The summed E-state index contributed by atoms with van der Waals surface area (Å²) in [5, 5.41) is 3.34. The van der Waals surface area contributed by atoms with Gasteiger partial charge in [0.05, 0.1) is 0 Å². The van der Waals surface area contributed by atoms with Crippen LogP contribution in [0.5, 0.6) is 0 Å². The minimum absolute atomic E-state index is 0. The number of likely N-dealkylation sites (N-methyl/N-ethyl adjacent to an activating group) is 1. The summed E-state index contributed by atoms with van der Waals surface area (Å²) in [6.07, 6.45) is 2.50. The van der Waals surface area contributed by atoms with Crippen molar-refractivity contribution in [2.45, 2.75) is 32.4 Å². The number of piperidine rings is 1. The summed E-state index contributed by atoms with van der Waals surface area (Å²) in [6, 6.07) is 5.69. The minimum Gasteiger partial charge on any atom is -0.316 e. The van der Waals surface area contributed by atoms with E-state index in [0.717, 1.165) is 25.2 Å². The Balaban J connectivity index is 0.00000162. The average molecular weight is 273 g/mol. The molecular weight excluding hydrogens is 251 g/mol. The van der Waals surface area contributed by atoms with Crippen molar-refractivity contribution in [2.75, 3.05) is 20.1 Å². The largest absolute Gasteiger partial charge is 0.316 e. The summed E-state index contributed by atoms with van der Waals surface area (Å²) in [7, 11) is 2.03. The zero-order valence-corrected chi connectivity index (χ0v) is 11.9. The molecule has 0 radical (unpaired) electrons. The van der Waals surface area contributed by atoms with Crippen LogP contribution < -0.4 is 5.32 Å². The molecule has 0 spiro atoms. The number of hydrogen-bond donors (Lipinski definition) is 1. The predicted molar refractivity (Wildman–Crippen MR) is 75.7 cm³/mol. The average Bonchev–Trinajstić information content (AvgIpc) is 2.33. The van der Waals surface area contributed by atoms with Crippen molar-refractivity contribution in [3.8, 4) is 0 Å². The first-order valence-electron chi connectivity index (χ1n) is 6.33. The van der Waals surface area contributed by atoms with Crippen molar-refractivity contribution in [3.63, 3.8) is 0 Å².